The minimum absolute atomic E-state index is 0.0133. The molecule has 5 atom stereocenters. The molecular formula is C35H56N6O7. The van der Waals surface area contributed by atoms with E-state index >= 15 is 0 Å². The van der Waals surface area contributed by atoms with E-state index in [9.17, 15) is 33.6 Å². The van der Waals surface area contributed by atoms with Crippen LogP contribution in [0.3, 0.4) is 0 Å². The Labute approximate surface area is 284 Å². The molecule has 0 spiro atoms. The predicted octanol–water partition coefficient (Wildman–Crippen LogP) is 2.54. The van der Waals surface area contributed by atoms with Crippen LogP contribution >= 0.6 is 0 Å². The van der Waals surface area contributed by atoms with E-state index in [1.165, 1.54) is 9.80 Å². The van der Waals surface area contributed by atoms with Gasteiger partial charge in [0, 0.05) is 25.9 Å². The summed E-state index contributed by atoms with van der Waals surface area (Å²) in [5.41, 5.74) is 2.45. The molecule has 13 nitrogen and oxygen atoms in total. The fraction of sp³-hybridized carbons (Fsp3) is 0.800. The van der Waals surface area contributed by atoms with E-state index in [1.807, 2.05) is 48.5 Å². The van der Waals surface area contributed by atoms with Crippen LogP contribution in [-0.2, 0) is 28.8 Å². The summed E-state index contributed by atoms with van der Waals surface area (Å²) in [5, 5.41) is 8.75. The van der Waals surface area contributed by atoms with E-state index in [2.05, 4.69) is 16.0 Å². The summed E-state index contributed by atoms with van der Waals surface area (Å²) in [6, 6.07) is -3.00. The second kappa shape index (κ2) is 13.8. The normalized spacial score (nSPS) is 27.9. The van der Waals surface area contributed by atoms with Gasteiger partial charge in [-0.2, -0.15) is 0 Å². The minimum Gasteiger partial charge on any atom is -0.363 e. The van der Waals surface area contributed by atoms with Gasteiger partial charge in [0.05, 0.1) is 6.04 Å². The van der Waals surface area contributed by atoms with E-state index in [4.69, 9.17) is 5.73 Å². The lowest BCUT2D eigenvalue weighted by Gasteiger charge is -2.43. The van der Waals surface area contributed by atoms with Gasteiger partial charge in [-0.25, -0.2) is 4.79 Å². The molecule has 0 aromatic carbocycles. The molecule has 0 radical (unpaired) electrons. The fourth-order valence-corrected chi connectivity index (χ4v) is 7.95. The van der Waals surface area contributed by atoms with Crippen molar-refractivity contribution in [1.29, 1.82) is 0 Å². The average Bonchev–Trinajstić information content (AvgIpc) is 3.46. The van der Waals surface area contributed by atoms with E-state index in [1.54, 1.807) is 0 Å². The van der Waals surface area contributed by atoms with Crippen LogP contribution in [0.1, 0.15) is 119 Å². The molecule has 48 heavy (non-hydrogen) atoms. The summed E-state index contributed by atoms with van der Waals surface area (Å²) < 4.78 is 0. The number of nitrogens with two attached hydrogens (primary N) is 1. The molecule has 0 aromatic heterocycles. The smallest absolute Gasteiger partial charge is 0.315 e. The molecule has 4 rings (SSSR count). The van der Waals surface area contributed by atoms with Crippen molar-refractivity contribution in [1.82, 2.24) is 25.8 Å². The molecule has 2 aliphatic heterocycles. The standard InChI is InChI=1S/C35H56N6O7/c1-8-21-17-35(21,27(44)28(36)45)39-29(46)22-13-12-16-40(22)30(47)26(34(7)14-10-9-11-15-34)38-31(48)37-23(32(2,3)4)20-41-24(42)18-33(5,6)19-25(41)43/h21-23,26H,8-20H2,1-7H3,(H2,36,45)(H,39,46)(H2,37,38,48)/t21-,22+,23-,26-,35+/m1/s1. The number of hydrogen-bond acceptors (Lipinski definition) is 7. The highest BCUT2D eigenvalue weighted by Crippen LogP contribution is 2.47. The SMILES string of the molecule is CC[C@@H]1C[C@@]1(NC(=O)[C@@H]1CCCN1C(=O)[C@@H](NC(=O)N[C@H](CN1C(=O)CC(C)(C)CC1=O)C(C)(C)C)C1(C)CCCCC1)C(=O)C(N)=O. The first-order chi connectivity index (χ1) is 22.2. The van der Waals surface area contributed by atoms with Crippen molar-refractivity contribution < 1.29 is 33.6 Å². The lowest BCUT2D eigenvalue weighted by Crippen LogP contribution is -2.63. The fourth-order valence-electron chi connectivity index (χ4n) is 7.95. The third-order valence-electron chi connectivity index (χ3n) is 11.2. The van der Waals surface area contributed by atoms with Crippen LogP contribution in [0.25, 0.3) is 0 Å². The minimum atomic E-state index is -1.34. The predicted molar refractivity (Wildman–Crippen MR) is 178 cm³/mol. The Balaban J connectivity index is 1.53. The van der Waals surface area contributed by atoms with Crippen LogP contribution in [0, 0.1) is 22.2 Å². The first-order valence-electron chi connectivity index (χ1n) is 17.6. The van der Waals surface area contributed by atoms with Crippen molar-refractivity contribution in [2.45, 2.75) is 143 Å². The summed E-state index contributed by atoms with van der Waals surface area (Å²) in [6.45, 7) is 13.7. The van der Waals surface area contributed by atoms with Gasteiger partial charge in [-0.1, -0.05) is 74.1 Å². The Morgan fingerprint density at radius 3 is 2.06 bits per heavy atom. The number of rotatable bonds is 11. The van der Waals surface area contributed by atoms with Crippen molar-refractivity contribution in [3.63, 3.8) is 0 Å². The third kappa shape index (κ3) is 7.86. The highest BCUT2D eigenvalue weighted by atomic mass is 16.2. The summed E-state index contributed by atoms with van der Waals surface area (Å²) in [7, 11) is 0. The van der Waals surface area contributed by atoms with Gasteiger partial charge in [0.2, 0.25) is 29.4 Å². The summed E-state index contributed by atoms with van der Waals surface area (Å²) in [4.78, 5) is 95.1. The molecule has 2 aliphatic carbocycles. The van der Waals surface area contributed by atoms with E-state index < -0.39 is 63.5 Å². The molecule has 4 fully saturated rings. The van der Waals surface area contributed by atoms with E-state index in [-0.39, 0.29) is 43.0 Å². The van der Waals surface area contributed by atoms with Gasteiger partial charge < -0.3 is 26.6 Å². The quantitative estimate of drug-likeness (QED) is 0.192. The van der Waals surface area contributed by atoms with Crippen molar-refractivity contribution in [2.24, 2.45) is 27.9 Å². The molecule has 5 N–H and O–H groups in total. The maximum absolute atomic E-state index is 14.5. The number of piperidine rings is 1. The zero-order chi connectivity index (χ0) is 35.8. The lowest BCUT2D eigenvalue weighted by molar-refractivity contribution is -0.153. The first kappa shape index (κ1) is 37.3. The number of carbonyl (C=O) groups is 7. The molecule has 2 heterocycles. The highest BCUT2D eigenvalue weighted by molar-refractivity contribution is 6.40. The van der Waals surface area contributed by atoms with Crippen LogP contribution in [0.2, 0.25) is 0 Å². The highest BCUT2D eigenvalue weighted by Gasteiger charge is 2.62. The van der Waals surface area contributed by atoms with Gasteiger partial charge in [0.15, 0.2) is 0 Å². The van der Waals surface area contributed by atoms with Gasteiger partial charge in [-0.05, 0) is 54.3 Å². The van der Waals surface area contributed by atoms with Crippen molar-refractivity contribution >= 4 is 41.4 Å². The zero-order valence-corrected chi connectivity index (χ0v) is 29.8. The maximum atomic E-state index is 14.5. The van der Waals surface area contributed by atoms with Gasteiger partial charge in [0.1, 0.15) is 17.6 Å². The van der Waals surface area contributed by atoms with Gasteiger partial charge in [0.25, 0.3) is 5.91 Å². The number of nitrogens with one attached hydrogen (secondary N) is 3. The van der Waals surface area contributed by atoms with Crippen LogP contribution in [0.15, 0.2) is 0 Å². The van der Waals surface area contributed by atoms with Crippen molar-refractivity contribution in [2.75, 3.05) is 13.1 Å². The van der Waals surface area contributed by atoms with Gasteiger partial charge in [-0.3, -0.25) is 33.7 Å². The van der Waals surface area contributed by atoms with Gasteiger partial charge >= 0.3 is 6.03 Å². The third-order valence-corrected chi connectivity index (χ3v) is 11.2. The van der Waals surface area contributed by atoms with E-state index in [0.717, 1.165) is 19.3 Å². The number of ketones is 1. The molecule has 13 heteroatoms. The number of nitrogens with zero attached hydrogens (tertiary/aromatic N) is 2. The van der Waals surface area contributed by atoms with Crippen molar-refractivity contribution in [3.8, 4) is 0 Å². The van der Waals surface area contributed by atoms with Crippen molar-refractivity contribution in [3.05, 3.63) is 0 Å². The Bertz CT molecular complexity index is 1310. The largest absolute Gasteiger partial charge is 0.363 e. The molecule has 0 bridgehead atoms. The van der Waals surface area contributed by atoms with Crippen LogP contribution in [0.4, 0.5) is 4.79 Å². The topological polar surface area (TPSA) is 188 Å². The summed E-state index contributed by atoms with van der Waals surface area (Å²) >= 11 is 0. The molecule has 2 saturated heterocycles. The number of carbonyl (C=O) groups excluding carboxylic acids is 7. The van der Waals surface area contributed by atoms with Gasteiger partial charge in [-0.15, -0.1) is 0 Å². The zero-order valence-electron chi connectivity index (χ0n) is 29.8. The number of primary amides is 1. The van der Waals surface area contributed by atoms with Crippen LogP contribution < -0.4 is 21.7 Å². The summed E-state index contributed by atoms with van der Waals surface area (Å²) in [5.74, 6) is -3.55. The number of urea groups is 1. The first-order valence-corrected chi connectivity index (χ1v) is 17.6. The number of Topliss-reactive ketones (excluding diaryl/α,β-unsaturated/α-hetero) is 1. The van der Waals surface area contributed by atoms with Crippen LogP contribution in [-0.4, -0.2) is 87.9 Å². The molecule has 2 saturated carbocycles. The average molecular weight is 673 g/mol. The second-order valence-corrected chi connectivity index (χ2v) is 16.8. The Morgan fingerprint density at radius 1 is 0.938 bits per heavy atom. The summed E-state index contributed by atoms with van der Waals surface area (Å²) in [6.07, 6.45) is 6.54. The lowest BCUT2D eigenvalue weighted by atomic mass is 9.70. The molecule has 7 amide bonds. The number of hydrogen-bond donors (Lipinski definition) is 4. The monoisotopic (exact) mass is 672 g/mol. The Kier molecular flexibility index (Phi) is 10.7. The number of amides is 7. The number of imide groups is 1. The van der Waals surface area contributed by atoms with E-state index in [0.29, 0.717) is 45.1 Å². The molecule has 268 valence electrons. The molecule has 0 aromatic rings. The molecular weight excluding hydrogens is 616 g/mol. The Morgan fingerprint density at radius 2 is 1.54 bits per heavy atom. The molecule has 0 unspecified atom stereocenters. The number of likely N-dealkylation sites (tertiary alicyclic amines) is 2. The second-order valence-electron chi connectivity index (χ2n) is 16.8. The van der Waals surface area contributed by atoms with Crippen LogP contribution in [0.5, 0.6) is 0 Å². The Hall–Kier alpha value is -3.51. The molecule has 4 aliphatic rings. The maximum Gasteiger partial charge on any atom is 0.315 e.